The van der Waals surface area contributed by atoms with Gasteiger partial charge in [-0.15, -0.1) is 29.3 Å². The number of hydrogen-bond acceptors (Lipinski definition) is 5. The van der Waals surface area contributed by atoms with Crippen LogP contribution in [-0.4, -0.2) is 28.4 Å². The number of amides is 1. The first-order chi connectivity index (χ1) is 10.1. The van der Waals surface area contributed by atoms with Gasteiger partial charge in [0, 0.05) is 28.1 Å². The van der Waals surface area contributed by atoms with Crippen LogP contribution >= 0.6 is 22.7 Å². The van der Waals surface area contributed by atoms with Gasteiger partial charge in [-0.1, -0.05) is 6.08 Å². The van der Waals surface area contributed by atoms with Gasteiger partial charge in [-0.25, -0.2) is 4.98 Å². The average Bonchev–Trinajstić information content (AvgIpc) is 3.09. The molecule has 1 atom stereocenters. The summed E-state index contributed by atoms with van der Waals surface area (Å²) in [6.45, 7) is 6.86. The third kappa shape index (κ3) is 4.49. The van der Waals surface area contributed by atoms with Gasteiger partial charge in [-0.05, 0) is 19.1 Å². The molecule has 2 aromatic heterocycles. The minimum atomic E-state index is -0.562. The van der Waals surface area contributed by atoms with Crippen LogP contribution in [0.3, 0.4) is 0 Å². The van der Waals surface area contributed by atoms with E-state index in [0.29, 0.717) is 19.5 Å². The first kappa shape index (κ1) is 15.9. The predicted molar refractivity (Wildman–Crippen MR) is 88.5 cm³/mol. The van der Waals surface area contributed by atoms with Crippen molar-refractivity contribution < 1.29 is 4.79 Å². The van der Waals surface area contributed by atoms with Crippen LogP contribution in [-0.2, 0) is 17.8 Å². The summed E-state index contributed by atoms with van der Waals surface area (Å²) < 4.78 is 0. The second-order valence-corrected chi connectivity index (χ2v) is 6.90. The number of thiophene rings is 1. The van der Waals surface area contributed by atoms with Gasteiger partial charge >= 0.3 is 0 Å². The van der Waals surface area contributed by atoms with Crippen molar-refractivity contribution in [2.45, 2.75) is 25.9 Å². The monoisotopic (exact) mass is 321 g/mol. The van der Waals surface area contributed by atoms with E-state index in [0.717, 1.165) is 10.6 Å². The number of thiazole rings is 1. The number of nitrogens with two attached hydrogens (primary N) is 1. The van der Waals surface area contributed by atoms with E-state index in [4.69, 9.17) is 5.73 Å². The zero-order chi connectivity index (χ0) is 15.2. The van der Waals surface area contributed by atoms with Crippen molar-refractivity contribution in [2.75, 3.05) is 6.54 Å². The van der Waals surface area contributed by atoms with E-state index in [2.05, 4.69) is 30.6 Å². The van der Waals surface area contributed by atoms with Crippen molar-refractivity contribution in [1.29, 1.82) is 0 Å². The summed E-state index contributed by atoms with van der Waals surface area (Å²) in [6.07, 6.45) is 2.20. The molecule has 1 amide bonds. The van der Waals surface area contributed by atoms with Crippen molar-refractivity contribution >= 4 is 28.6 Å². The maximum absolute atomic E-state index is 12.5. The maximum atomic E-state index is 12.5. The lowest BCUT2D eigenvalue weighted by Gasteiger charge is -2.23. The topological polar surface area (TPSA) is 59.2 Å². The van der Waals surface area contributed by atoms with Gasteiger partial charge in [0.1, 0.15) is 0 Å². The lowest BCUT2D eigenvalue weighted by Crippen LogP contribution is -2.44. The molecule has 2 heterocycles. The zero-order valence-electron chi connectivity index (χ0n) is 12.0. The molecule has 4 nitrogen and oxygen atoms in total. The Morgan fingerprint density at radius 2 is 2.38 bits per heavy atom. The van der Waals surface area contributed by atoms with E-state index in [-0.39, 0.29) is 5.91 Å². The number of carbonyl (C=O) groups excluding carboxylic acids is 1. The smallest absolute Gasteiger partial charge is 0.240 e. The Bertz CT molecular complexity index is 592. The van der Waals surface area contributed by atoms with Gasteiger partial charge in [0.15, 0.2) is 0 Å². The number of nitrogens with zero attached hydrogens (tertiary/aromatic N) is 2. The van der Waals surface area contributed by atoms with Crippen molar-refractivity contribution in [2.24, 2.45) is 5.73 Å². The highest BCUT2D eigenvalue weighted by Gasteiger charge is 2.21. The van der Waals surface area contributed by atoms with E-state index in [1.54, 1.807) is 27.8 Å². The van der Waals surface area contributed by atoms with Crippen LogP contribution < -0.4 is 5.73 Å². The highest BCUT2D eigenvalue weighted by atomic mass is 32.1. The Morgan fingerprint density at radius 1 is 1.57 bits per heavy atom. The standard InChI is InChI=1S/C15H19N3OS2/c1-3-6-18(8-13-5-4-11(2)21-13)15(19)14(16)7-12-9-20-10-17-12/h3-5,9-10,14H,1,6-8,16H2,2H3/t14-/m0/s1. The van der Waals surface area contributed by atoms with Crippen LogP contribution in [0.2, 0.25) is 0 Å². The van der Waals surface area contributed by atoms with Gasteiger partial charge in [-0.2, -0.15) is 0 Å². The summed E-state index contributed by atoms with van der Waals surface area (Å²) in [7, 11) is 0. The molecule has 0 radical (unpaired) electrons. The van der Waals surface area contributed by atoms with Crippen molar-refractivity contribution in [1.82, 2.24) is 9.88 Å². The second kappa shape index (κ2) is 7.49. The molecule has 0 aliphatic carbocycles. The number of carbonyl (C=O) groups is 1. The summed E-state index contributed by atoms with van der Waals surface area (Å²) >= 11 is 3.21. The summed E-state index contributed by atoms with van der Waals surface area (Å²) in [6, 6.07) is 3.55. The van der Waals surface area contributed by atoms with Gasteiger partial charge in [-0.3, -0.25) is 4.79 Å². The van der Waals surface area contributed by atoms with Crippen LogP contribution in [0.15, 0.2) is 35.7 Å². The molecular formula is C15H19N3OS2. The molecule has 0 spiro atoms. The molecule has 21 heavy (non-hydrogen) atoms. The molecule has 6 heteroatoms. The molecule has 0 saturated heterocycles. The maximum Gasteiger partial charge on any atom is 0.240 e. The van der Waals surface area contributed by atoms with E-state index < -0.39 is 6.04 Å². The fourth-order valence-corrected chi connectivity index (χ4v) is 3.51. The second-order valence-electron chi connectivity index (χ2n) is 4.81. The van der Waals surface area contributed by atoms with Crippen LogP contribution in [0.5, 0.6) is 0 Å². The third-order valence-corrected chi connectivity index (χ3v) is 4.65. The molecule has 0 saturated carbocycles. The number of hydrogen-bond donors (Lipinski definition) is 1. The minimum Gasteiger partial charge on any atom is -0.332 e. The van der Waals surface area contributed by atoms with Crippen LogP contribution in [0.4, 0.5) is 0 Å². The normalized spacial score (nSPS) is 12.1. The van der Waals surface area contributed by atoms with E-state index >= 15 is 0 Å². The van der Waals surface area contributed by atoms with Crippen molar-refractivity contribution in [3.05, 3.63) is 51.1 Å². The average molecular weight is 321 g/mol. The van der Waals surface area contributed by atoms with Gasteiger partial charge in [0.2, 0.25) is 5.91 Å². The van der Waals surface area contributed by atoms with Crippen LogP contribution in [0.1, 0.15) is 15.4 Å². The fraction of sp³-hybridized carbons (Fsp3) is 0.333. The largest absolute Gasteiger partial charge is 0.332 e. The van der Waals surface area contributed by atoms with Crippen molar-refractivity contribution in [3.63, 3.8) is 0 Å². The van der Waals surface area contributed by atoms with E-state index in [1.807, 2.05) is 5.38 Å². The third-order valence-electron chi connectivity index (χ3n) is 3.03. The Kier molecular flexibility index (Phi) is 5.67. The van der Waals surface area contributed by atoms with Crippen molar-refractivity contribution in [3.8, 4) is 0 Å². The molecule has 0 unspecified atom stereocenters. The Balaban J connectivity index is 2.02. The van der Waals surface area contributed by atoms with Gasteiger partial charge < -0.3 is 10.6 Å². The molecule has 2 aromatic rings. The lowest BCUT2D eigenvalue weighted by atomic mass is 10.1. The number of aromatic nitrogens is 1. The first-order valence-electron chi connectivity index (χ1n) is 6.67. The highest BCUT2D eigenvalue weighted by molar-refractivity contribution is 7.11. The molecule has 2 N–H and O–H groups in total. The molecule has 0 aliphatic rings. The Labute approximate surface area is 132 Å². The molecular weight excluding hydrogens is 302 g/mol. The number of rotatable bonds is 7. The zero-order valence-corrected chi connectivity index (χ0v) is 13.6. The summed E-state index contributed by atoms with van der Waals surface area (Å²) in [5.41, 5.74) is 8.66. The molecule has 112 valence electrons. The fourth-order valence-electron chi connectivity index (χ4n) is 2.03. The molecule has 2 rings (SSSR count). The summed E-state index contributed by atoms with van der Waals surface area (Å²) in [5, 5.41) is 1.92. The molecule has 0 bridgehead atoms. The van der Waals surface area contributed by atoms with E-state index in [9.17, 15) is 4.79 Å². The summed E-state index contributed by atoms with van der Waals surface area (Å²) in [5.74, 6) is -0.0612. The minimum absolute atomic E-state index is 0.0612. The Hall–Kier alpha value is -1.50. The van der Waals surface area contributed by atoms with Crippen LogP contribution in [0, 0.1) is 6.92 Å². The molecule has 0 aliphatic heterocycles. The molecule has 0 aromatic carbocycles. The lowest BCUT2D eigenvalue weighted by molar-refractivity contribution is -0.132. The number of aryl methyl sites for hydroxylation is 1. The SMILES string of the molecule is C=CCN(Cc1ccc(C)s1)C(=O)[C@@H](N)Cc1cscn1. The Morgan fingerprint density at radius 3 is 2.95 bits per heavy atom. The first-order valence-corrected chi connectivity index (χ1v) is 8.43. The predicted octanol–water partition coefficient (Wildman–Crippen LogP) is 2.60. The van der Waals surface area contributed by atoms with Gasteiger partial charge in [0.05, 0.1) is 23.8 Å². The summed E-state index contributed by atoms with van der Waals surface area (Å²) in [4.78, 5) is 20.8. The van der Waals surface area contributed by atoms with E-state index in [1.165, 1.54) is 16.2 Å². The van der Waals surface area contributed by atoms with Crippen LogP contribution in [0.25, 0.3) is 0 Å². The highest BCUT2D eigenvalue weighted by Crippen LogP contribution is 2.18. The van der Waals surface area contributed by atoms with Gasteiger partial charge in [0.25, 0.3) is 0 Å². The molecule has 0 fully saturated rings. The quantitative estimate of drug-likeness (QED) is 0.798.